The molecule has 0 aliphatic carbocycles. The van der Waals surface area contributed by atoms with Crippen LogP contribution in [0.4, 0.5) is 28.9 Å². The van der Waals surface area contributed by atoms with Gasteiger partial charge in [-0.1, -0.05) is 60.7 Å². The van der Waals surface area contributed by atoms with Gasteiger partial charge in [-0.2, -0.15) is 0 Å². The first-order valence-corrected chi connectivity index (χ1v) is 16.5. The van der Waals surface area contributed by atoms with Crippen LogP contribution in [0.5, 0.6) is 0 Å². The van der Waals surface area contributed by atoms with Crippen LogP contribution in [-0.4, -0.2) is 74.0 Å². The molecular weight excluding hydrogens is 636 g/mol. The minimum atomic E-state index is -0.908. The monoisotopic (exact) mass is 674 g/mol. The fraction of sp³-hybridized carbons (Fsp3) is 0.316. The number of hydrogen-bond donors (Lipinski definition) is 0. The number of benzene rings is 4. The third-order valence-corrected chi connectivity index (χ3v) is 9.19. The van der Waals surface area contributed by atoms with E-state index in [1.54, 1.807) is 9.80 Å². The number of carbonyl (C=O) groups excluding carboxylic acids is 2. The molecule has 6 rings (SSSR count). The van der Waals surface area contributed by atoms with E-state index in [1.165, 1.54) is 24.3 Å². The van der Waals surface area contributed by atoms with E-state index in [9.17, 15) is 27.2 Å². The molecule has 4 aromatic carbocycles. The molecular formula is C38H38F4N4O3. The number of amides is 2. The molecule has 49 heavy (non-hydrogen) atoms. The lowest BCUT2D eigenvalue weighted by Crippen LogP contribution is -2.49. The first-order valence-electron chi connectivity index (χ1n) is 16.5. The number of anilines is 2. The van der Waals surface area contributed by atoms with E-state index in [-0.39, 0.29) is 24.7 Å². The van der Waals surface area contributed by atoms with E-state index in [2.05, 4.69) is 0 Å². The van der Waals surface area contributed by atoms with Crippen LogP contribution >= 0.6 is 0 Å². The molecule has 0 N–H and O–H groups in total. The number of piperazine rings is 2. The van der Waals surface area contributed by atoms with Gasteiger partial charge in [-0.15, -0.1) is 0 Å². The summed E-state index contributed by atoms with van der Waals surface area (Å²) in [6.45, 7) is 3.53. The zero-order valence-corrected chi connectivity index (χ0v) is 27.0. The molecule has 4 aromatic rings. The average molecular weight is 675 g/mol. The molecule has 2 aliphatic heterocycles. The van der Waals surface area contributed by atoms with Crippen molar-refractivity contribution in [3.05, 3.63) is 131 Å². The molecule has 2 amide bonds. The number of ether oxygens (including phenoxy) is 1. The second-order valence-electron chi connectivity index (χ2n) is 12.3. The predicted octanol–water partition coefficient (Wildman–Crippen LogP) is 6.52. The molecule has 11 heteroatoms. The Morgan fingerprint density at radius 3 is 1.22 bits per heavy atom. The molecule has 0 aromatic heterocycles. The fourth-order valence-corrected chi connectivity index (χ4v) is 6.39. The molecule has 0 radical (unpaired) electrons. The Kier molecular flexibility index (Phi) is 10.8. The summed E-state index contributed by atoms with van der Waals surface area (Å²) < 4.78 is 61.3. The molecule has 2 aliphatic rings. The summed E-state index contributed by atoms with van der Waals surface area (Å²) in [7, 11) is 0. The lowest BCUT2D eigenvalue weighted by molar-refractivity contribution is -0.139. The summed E-state index contributed by atoms with van der Waals surface area (Å²) in [4.78, 5) is 34.7. The van der Waals surface area contributed by atoms with Crippen LogP contribution in [0, 0.1) is 23.3 Å². The van der Waals surface area contributed by atoms with Gasteiger partial charge in [-0.05, 0) is 35.4 Å². The Balaban J connectivity index is 1.12. The summed E-state index contributed by atoms with van der Waals surface area (Å²) >= 11 is 0. The zero-order valence-electron chi connectivity index (χ0n) is 27.0. The minimum Gasteiger partial charge on any atom is -0.368 e. The van der Waals surface area contributed by atoms with Crippen molar-refractivity contribution in [2.45, 2.75) is 25.0 Å². The summed E-state index contributed by atoms with van der Waals surface area (Å²) in [5.74, 6) is -3.83. The van der Waals surface area contributed by atoms with Crippen molar-refractivity contribution >= 4 is 23.2 Å². The highest BCUT2D eigenvalue weighted by molar-refractivity contribution is 5.78. The number of hydrogen-bond acceptors (Lipinski definition) is 5. The maximum absolute atomic E-state index is 13.8. The molecule has 2 heterocycles. The van der Waals surface area contributed by atoms with Gasteiger partial charge in [-0.3, -0.25) is 9.59 Å². The quantitative estimate of drug-likeness (QED) is 0.180. The van der Waals surface area contributed by atoms with Crippen molar-refractivity contribution in [3.8, 4) is 0 Å². The fourth-order valence-electron chi connectivity index (χ4n) is 6.39. The van der Waals surface area contributed by atoms with Gasteiger partial charge >= 0.3 is 0 Å². The lowest BCUT2D eigenvalue weighted by atomic mass is 10.0. The molecule has 2 atom stereocenters. The zero-order chi connectivity index (χ0) is 34.3. The highest BCUT2D eigenvalue weighted by atomic mass is 19.2. The topological polar surface area (TPSA) is 56.3 Å². The van der Waals surface area contributed by atoms with E-state index in [1.807, 2.05) is 70.5 Å². The minimum absolute atomic E-state index is 0.0552. The third-order valence-electron chi connectivity index (χ3n) is 9.19. The molecule has 2 saturated heterocycles. The van der Waals surface area contributed by atoms with Crippen LogP contribution in [0.2, 0.25) is 0 Å². The van der Waals surface area contributed by atoms with Crippen LogP contribution in [0.3, 0.4) is 0 Å². The second kappa shape index (κ2) is 15.5. The summed E-state index contributed by atoms with van der Waals surface area (Å²) in [6.07, 6.45) is -1.17. The SMILES string of the molecule is O=C(CC(OC(CC(=O)N1CCN(c2ccc(F)c(F)c2)CC1)c1ccccc1)c1ccccc1)N1CCN(c2ccc(F)c(F)c2)CC1. The standard InChI is InChI=1S/C38H38F4N4O3/c39-31-13-11-29(23-33(31)41)43-15-19-45(20-16-43)37(47)25-35(27-7-3-1-4-8-27)49-36(28-9-5-2-6-10-28)26-38(48)46-21-17-44(18-22-46)30-12-14-32(40)34(42)24-30/h1-14,23-24,35-36H,15-22,25-26H2. The highest BCUT2D eigenvalue weighted by Crippen LogP contribution is 2.33. The second-order valence-corrected chi connectivity index (χ2v) is 12.3. The van der Waals surface area contributed by atoms with Gasteiger partial charge in [0.15, 0.2) is 23.3 Å². The van der Waals surface area contributed by atoms with Gasteiger partial charge in [0.05, 0.1) is 25.0 Å². The number of halogens is 4. The maximum atomic E-state index is 13.8. The Morgan fingerprint density at radius 1 is 0.510 bits per heavy atom. The molecule has 256 valence electrons. The molecule has 2 unspecified atom stereocenters. The van der Waals surface area contributed by atoms with Crippen LogP contribution in [0.1, 0.15) is 36.2 Å². The Morgan fingerprint density at radius 2 is 0.878 bits per heavy atom. The van der Waals surface area contributed by atoms with Crippen LogP contribution in [0.15, 0.2) is 97.1 Å². The number of nitrogens with zero attached hydrogens (tertiary/aromatic N) is 4. The van der Waals surface area contributed by atoms with E-state index in [4.69, 9.17) is 4.74 Å². The number of carbonyl (C=O) groups is 2. The van der Waals surface area contributed by atoms with E-state index >= 15 is 0 Å². The first kappa shape index (κ1) is 34.0. The predicted molar refractivity (Wildman–Crippen MR) is 179 cm³/mol. The molecule has 2 fully saturated rings. The van der Waals surface area contributed by atoms with Crippen molar-refractivity contribution in [2.75, 3.05) is 62.2 Å². The smallest absolute Gasteiger partial charge is 0.225 e. The Labute approximate surface area is 283 Å². The molecule has 7 nitrogen and oxygen atoms in total. The first-order chi connectivity index (χ1) is 23.7. The summed E-state index contributed by atoms with van der Waals surface area (Å²) in [6, 6.07) is 26.5. The van der Waals surface area contributed by atoms with Gasteiger partial charge in [0, 0.05) is 75.9 Å². The van der Waals surface area contributed by atoms with Crippen LogP contribution < -0.4 is 9.80 Å². The Bertz CT molecular complexity index is 1600. The molecule has 0 spiro atoms. The van der Waals surface area contributed by atoms with E-state index < -0.39 is 35.5 Å². The summed E-state index contributed by atoms with van der Waals surface area (Å²) in [5.41, 5.74) is 2.75. The van der Waals surface area contributed by atoms with Crippen LogP contribution in [0.25, 0.3) is 0 Å². The van der Waals surface area contributed by atoms with Crippen molar-refractivity contribution < 1.29 is 31.9 Å². The van der Waals surface area contributed by atoms with Gasteiger partial charge < -0.3 is 24.3 Å². The van der Waals surface area contributed by atoms with Gasteiger partial charge in [-0.25, -0.2) is 17.6 Å². The average Bonchev–Trinajstić information content (AvgIpc) is 3.14. The van der Waals surface area contributed by atoms with Crippen LogP contribution in [-0.2, 0) is 14.3 Å². The molecule has 0 saturated carbocycles. The summed E-state index contributed by atoms with van der Waals surface area (Å²) in [5, 5.41) is 0. The number of rotatable bonds is 10. The largest absolute Gasteiger partial charge is 0.368 e. The van der Waals surface area contributed by atoms with Gasteiger partial charge in [0.2, 0.25) is 11.8 Å². The van der Waals surface area contributed by atoms with Crippen molar-refractivity contribution in [3.63, 3.8) is 0 Å². The highest BCUT2D eigenvalue weighted by Gasteiger charge is 2.30. The van der Waals surface area contributed by atoms with E-state index in [0.29, 0.717) is 63.7 Å². The van der Waals surface area contributed by atoms with Gasteiger partial charge in [0.1, 0.15) is 0 Å². The third kappa shape index (κ3) is 8.40. The lowest BCUT2D eigenvalue weighted by Gasteiger charge is -2.37. The Hall–Kier alpha value is -4.90. The van der Waals surface area contributed by atoms with Crippen molar-refractivity contribution in [2.24, 2.45) is 0 Å². The normalized spacial score (nSPS) is 16.4. The molecule has 0 bridgehead atoms. The van der Waals surface area contributed by atoms with Crippen molar-refractivity contribution in [1.82, 2.24) is 9.80 Å². The maximum Gasteiger partial charge on any atom is 0.225 e. The van der Waals surface area contributed by atoms with Crippen molar-refractivity contribution in [1.29, 1.82) is 0 Å². The van der Waals surface area contributed by atoms with Gasteiger partial charge in [0.25, 0.3) is 0 Å². The van der Waals surface area contributed by atoms with E-state index in [0.717, 1.165) is 23.3 Å².